The number of nitrogens with one attached hydrogen (secondary N) is 2. The van der Waals surface area contributed by atoms with Gasteiger partial charge in [-0.3, -0.25) is 14.5 Å². The molecule has 2 aromatic heterocycles. The molecule has 1 aromatic carbocycles. The lowest BCUT2D eigenvalue weighted by Gasteiger charge is -2.05. The first-order valence-electron chi connectivity index (χ1n) is 6.14. The number of rotatable bonds is 3. The van der Waals surface area contributed by atoms with Crippen LogP contribution in [0.1, 0.15) is 5.69 Å². The lowest BCUT2D eigenvalue weighted by atomic mass is 10.2. The zero-order valence-corrected chi connectivity index (χ0v) is 10.9. The Morgan fingerprint density at radius 1 is 1.40 bits per heavy atom. The van der Waals surface area contributed by atoms with E-state index >= 15 is 0 Å². The molecule has 0 aliphatic carbocycles. The molecule has 7 nitrogen and oxygen atoms in total. The van der Waals surface area contributed by atoms with Gasteiger partial charge in [0.15, 0.2) is 0 Å². The fraction of sp³-hybridized carbons (Fsp3) is 0.154. The molecule has 3 rings (SSSR count). The van der Waals surface area contributed by atoms with Crippen LogP contribution in [0, 0.1) is 0 Å². The zero-order valence-electron chi connectivity index (χ0n) is 10.9. The monoisotopic (exact) mass is 270 g/mol. The van der Waals surface area contributed by atoms with Crippen LogP contribution in [-0.4, -0.2) is 19.7 Å². The molecule has 0 unspecified atom stereocenters. The first kappa shape index (κ1) is 12.2. The Bertz CT molecular complexity index is 819. The quantitative estimate of drug-likeness (QED) is 0.612. The Labute approximate surface area is 114 Å². The highest BCUT2D eigenvalue weighted by molar-refractivity contribution is 5.81. The molecule has 4 N–H and O–H groups in total. The SMILES string of the molecule is Cn1ccc(CNc2nc3ccc(N)cc3c(=O)[nH]2)n1. The minimum Gasteiger partial charge on any atom is -0.399 e. The summed E-state index contributed by atoms with van der Waals surface area (Å²) >= 11 is 0. The number of fused-ring (bicyclic) bond motifs is 1. The smallest absolute Gasteiger partial charge is 0.260 e. The van der Waals surface area contributed by atoms with Crippen molar-refractivity contribution in [2.24, 2.45) is 7.05 Å². The van der Waals surface area contributed by atoms with Crippen LogP contribution >= 0.6 is 0 Å². The largest absolute Gasteiger partial charge is 0.399 e. The minimum atomic E-state index is -0.217. The Hall–Kier alpha value is -2.83. The van der Waals surface area contributed by atoms with Crippen molar-refractivity contribution in [1.82, 2.24) is 19.7 Å². The summed E-state index contributed by atoms with van der Waals surface area (Å²) in [6, 6.07) is 6.96. The second-order valence-corrected chi connectivity index (χ2v) is 4.53. The molecule has 0 bridgehead atoms. The molecule has 0 spiro atoms. The summed E-state index contributed by atoms with van der Waals surface area (Å²) in [5, 5.41) is 7.77. The van der Waals surface area contributed by atoms with E-state index in [1.165, 1.54) is 0 Å². The van der Waals surface area contributed by atoms with Crippen LogP contribution in [0.5, 0.6) is 0 Å². The number of H-pyrrole nitrogens is 1. The predicted molar refractivity (Wildman–Crippen MR) is 77.3 cm³/mol. The average Bonchev–Trinajstić information content (AvgIpc) is 2.83. The zero-order chi connectivity index (χ0) is 14.1. The van der Waals surface area contributed by atoms with Crippen molar-refractivity contribution in [2.75, 3.05) is 11.1 Å². The third kappa shape index (κ3) is 2.33. The van der Waals surface area contributed by atoms with Gasteiger partial charge in [0.2, 0.25) is 5.95 Å². The first-order valence-corrected chi connectivity index (χ1v) is 6.14. The third-order valence-electron chi connectivity index (χ3n) is 2.94. The van der Waals surface area contributed by atoms with Crippen LogP contribution in [0.15, 0.2) is 35.3 Å². The Morgan fingerprint density at radius 2 is 2.25 bits per heavy atom. The van der Waals surface area contributed by atoms with E-state index in [1.54, 1.807) is 22.9 Å². The standard InChI is InChI=1S/C13H14N6O/c1-19-5-4-9(18-19)7-15-13-16-11-3-2-8(14)6-10(11)12(20)17-13/h2-6H,7,14H2,1H3,(H2,15,16,17,20). The van der Waals surface area contributed by atoms with E-state index in [-0.39, 0.29) is 5.56 Å². The summed E-state index contributed by atoms with van der Waals surface area (Å²) in [5.74, 6) is 0.415. The van der Waals surface area contributed by atoms with Crippen LogP contribution in [0.3, 0.4) is 0 Å². The van der Waals surface area contributed by atoms with Crippen molar-refractivity contribution in [3.63, 3.8) is 0 Å². The van der Waals surface area contributed by atoms with Gasteiger partial charge in [-0.05, 0) is 24.3 Å². The van der Waals surface area contributed by atoms with Gasteiger partial charge in [-0.1, -0.05) is 0 Å². The van der Waals surface area contributed by atoms with Gasteiger partial charge in [0, 0.05) is 18.9 Å². The van der Waals surface area contributed by atoms with Crippen LogP contribution in [-0.2, 0) is 13.6 Å². The molecule has 0 saturated carbocycles. The second kappa shape index (κ2) is 4.69. The number of aromatic nitrogens is 4. The van der Waals surface area contributed by atoms with Crippen molar-refractivity contribution in [3.8, 4) is 0 Å². The number of nitrogens with two attached hydrogens (primary N) is 1. The third-order valence-corrected chi connectivity index (χ3v) is 2.94. The number of nitrogens with zero attached hydrogens (tertiary/aromatic N) is 3. The fourth-order valence-electron chi connectivity index (χ4n) is 1.97. The van der Waals surface area contributed by atoms with Crippen LogP contribution in [0.4, 0.5) is 11.6 Å². The summed E-state index contributed by atoms with van der Waals surface area (Å²) < 4.78 is 1.72. The maximum Gasteiger partial charge on any atom is 0.260 e. The van der Waals surface area contributed by atoms with E-state index in [1.807, 2.05) is 19.3 Å². The molecule has 0 saturated heterocycles. The van der Waals surface area contributed by atoms with Crippen molar-refractivity contribution in [1.29, 1.82) is 0 Å². The van der Waals surface area contributed by atoms with Crippen LogP contribution < -0.4 is 16.6 Å². The first-order chi connectivity index (χ1) is 9.61. The summed E-state index contributed by atoms with van der Waals surface area (Å²) in [6.07, 6.45) is 1.86. The van der Waals surface area contributed by atoms with E-state index in [0.717, 1.165) is 5.69 Å². The van der Waals surface area contributed by atoms with E-state index in [9.17, 15) is 4.79 Å². The van der Waals surface area contributed by atoms with Crippen LogP contribution in [0.25, 0.3) is 10.9 Å². The number of hydrogen-bond acceptors (Lipinski definition) is 5. The summed E-state index contributed by atoms with van der Waals surface area (Å²) in [5.41, 5.74) is 7.46. The van der Waals surface area contributed by atoms with Gasteiger partial charge in [-0.2, -0.15) is 5.10 Å². The number of hydrogen-bond donors (Lipinski definition) is 3. The maximum atomic E-state index is 12.0. The lowest BCUT2D eigenvalue weighted by molar-refractivity contribution is 0.746. The van der Waals surface area contributed by atoms with E-state index in [0.29, 0.717) is 29.1 Å². The molecule has 0 aliphatic heterocycles. The summed E-state index contributed by atoms with van der Waals surface area (Å²) in [7, 11) is 1.85. The molecule has 20 heavy (non-hydrogen) atoms. The molecule has 0 amide bonds. The van der Waals surface area contributed by atoms with Crippen molar-refractivity contribution in [2.45, 2.75) is 6.54 Å². The fourth-order valence-corrected chi connectivity index (χ4v) is 1.97. The Balaban J connectivity index is 1.89. The van der Waals surface area contributed by atoms with Crippen molar-refractivity contribution in [3.05, 3.63) is 46.5 Å². The Kier molecular flexibility index (Phi) is 2.86. The number of aromatic amines is 1. The molecule has 3 aromatic rings. The molecule has 0 fully saturated rings. The molecule has 0 atom stereocenters. The van der Waals surface area contributed by atoms with Crippen molar-refractivity contribution >= 4 is 22.5 Å². The van der Waals surface area contributed by atoms with Gasteiger partial charge in [-0.15, -0.1) is 0 Å². The maximum absolute atomic E-state index is 12.0. The lowest BCUT2D eigenvalue weighted by Crippen LogP contribution is -2.13. The Morgan fingerprint density at radius 3 is 3.00 bits per heavy atom. The minimum absolute atomic E-state index is 0.217. The summed E-state index contributed by atoms with van der Waals surface area (Å²) in [4.78, 5) is 19.0. The molecule has 7 heteroatoms. The molecular weight excluding hydrogens is 256 g/mol. The van der Waals surface area contributed by atoms with E-state index in [2.05, 4.69) is 20.4 Å². The molecule has 2 heterocycles. The normalized spacial score (nSPS) is 10.8. The molecular formula is C13H14N6O. The van der Waals surface area contributed by atoms with Gasteiger partial charge >= 0.3 is 0 Å². The molecule has 102 valence electrons. The molecule has 0 radical (unpaired) electrons. The van der Waals surface area contributed by atoms with Gasteiger partial charge in [0.1, 0.15) is 0 Å². The predicted octanol–water partition coefficient (Wildman–Crippen LogP) is 0.851. The second-order valence-electron chi connectivity index (χ2n) is 4.53. The van der Waals surface area contributed by atoms with E-state index < -0.39 is 0 Å². The number of benzene rings is 1. The highest BCUT2D eigenvalue weighted by atomic mass is 16.1. The van der Waals surface area contributed by atoms with Crippen LogP contribution in [0.2, 0.25) is 0 Å². The highest BCUT2D eigenvalue weighted by Gasteiger charge is 2.04. The number of aryl methyl sites for hydroxylation is 1. The van der Waals surface area contributed by atoms with Gasteiger partial charge < -0.3 is 11.1 Å². The van der Waals surface area contributed by atoms with Gasteiger partial charge in [-0.25, -0.2) is 4.98 Å². The topological polar surface area (TPSA) is 102 Å². The highest BCUT2D eigenvalue weighted by Crippen LogP contribution is 2.13. The van der Waals surface area contributed by atoms with E-state index in [4.69, 9.17) is 5.73 Å². The average molecular weight is 270 g/mol. The summed E-state index contributed by atoms with van der Waals surface area (Å²) in [6.45, 7) is 0.490. The number of nitrogen functional groups attached to an aromatic ring is 1. The number of anilines is 2. The van der Waals surface area contributed by atoms with Crippen molar-refractivity contribution < 1.29 is 0 Å². The van der Waals surface area contributed by atoms with Gasteiger partial charge in [0.25, 0.3) is 5.56 Å². The molecule has 0 aliphatic rings. The van der Waals surface area contributed by atoms with Gasteiger partial charge in [0.05, 0.1) is 23.1 Å².